The Bertz CT molecular complexity index is 883. The quantitative estimate of drug-likeness (QED) is 0.729. The van der Waals surface area contributed by atoms with E-state index in [1.807, 2.05) is 59.2 Å². The van der Waals surface area contributed by atoms with Crippen LogP contribution in [-0.2, 0) is 16.1 Å². The number of hydrogen-bond donors (Lipinski definition) is 2. The Morgan fingerprint density at radius 1 is 0.958 bits per heavy atom. The molecule has 0 spiro atoms. The van der Waals surface area contributed by atoms with Crippen LogP contribution in [0.2, 0.25) is 0 Å². The summed E-state index contributed by atoms with van der Waals surface area (Å²) in [6.07, 6.45) is 1.33. The van der Waals surface area contributed by atoms with E-state index in [2.05, 4.69) is 0 Å². The molecule has 0 saturated heterocycles. The van der Waals surface area contributed by atoms with Crippen LogP contribution in [0.4, 0.5) is 0 Å². The molecule has 24 heavy (non-hydrogen) atoms. The predicted octanol–water partition coefficient (Wildman–Crippen LogP) is 3.33. The van der Waals surface area contributed by atoms with Gasteiger partial charge in [-0.05, 0) is 17.2 Å². The lowest BCUT2D eigenvalue weighted by molar-refractivity contribution is -0.145. The average molecular weight is 323 g/mol. The first-order chi connectivity index (χ1) is 11.6. The lowest BCUT2D eigenvalue weighted by Gasteiger charge is -2.08. The number of aromatic nitrogens is 1. The van der Waals surface area contributed by atoms with Crippen molar-refractivity contribution in [3.63, 3.8) is 0 Å². The maximum atomic E-state index is 11.6. The minimum absolute atomic E-state index is 0.436. The van der Waals surface area contributed by atoms with E-state index in [0.29, 0.717) is 12.1 Å². The molecule has 0 bridgehead atoms. The van der Waals surface area contributed by atoms with Gasteiger partial charge in [-0.1, -0.05) is 48.5 Å². The van der Waals surface area contributed by atoms with Gasteiger partial charge in [0.05, 0.1) is 12.3 Å². The molecule has 0 unspecified atom stereocenters. The zero-order chi connectivity index (χ0) is 17.1. The van der Waals surface area contributed by atoms with Crippen molar-refractivity contribution >= 4 is 22.8 Å². The minimum atomic E-state index is -1.12. The zero-order valence-electron chi connectivity index (χ0n) is 12.9. The van der Waals surface area contributed by atoms with Crippen LogP contribution in [0.5, 0.6) is 0 Å². The lowest BCUT2D eigenvalue weighted by Crippen LogP contribution is -2.15. The smallest absolute Gasteiger partial charge is 0.311 e. The molecule has 0 aliphatic carbocycles. The second kappa shape index (κ2) is 6.58. The highest BCUT2D eigenvalue weighted by Crippen LogP contribution is 2.30. The molecule has 1 atom stereocenters. The number of carboxylic acid groups (broad SMARTS) is 2. The van der Waals surface area contributed by atoms with E-state index in [0.717, 1.165) is 16.5 Å². The average Bonchev–Trinajstić information content (AvgIpc) is 2.92. The number of fused-ring (bicyclic) bond motifs is 1. The van der Waals surface area contributed by atoms with Crippen molar-refractivity contribution in [2.24, 2.45) is 0 Å². The molecule has 0 radical (unpaired) electrons. The van der Waals surface area contributed by atoms with Crippen LogP contribution in [-0.4, -0.2) is 26.7 Å². The number of rotatable bonds is 6. The first-order valence-corrected chi connectivity index (χ1v) is 7.62. The number of para-hydroxylation sites is 1. The van der Waals surface area contributed by atoms with Crippen LogP contribution in [0, 0.1) is 0 Å². The van der Waals surface area contributed by atoms with Crippen molar-refractivity contribution < 1.29 is 19.8 Å². The number of nitrogens with zero attached hydrogens (tertiary/aromatic N) is 1. The summed E-state index contributed by atoms with van der Waals surface area (Å²) in [4.78, 5) is 22.6. The molecule has 3 aromatic rings. The van der Waals surface area contributed by atoms with Gasteiger partial charge in [-0.3, -0.25) is 9.59 Å². The fourth-order valence-corrected chi connectivity index (χ4v) is 2.97. The molecular formula is C19H17NO4. The van der Waals surface area contributed by atoms with Crippen molar-refractivity contribution in [2.75, 3.05) is 0 Å². The van der Waals surface area contributed by atoms with E-state index in [9.17, 15) is 14.7 Å². The summed E-state index contributed by atoms with van der Waals surface area (Å²) in [5.74, 6) is -3.31. The Hall–Kier alpha value is -3.08. The van der Waals surface area contributed by atoms with E-state index < -0.39 is 24.3 Å². The standard InChI is InChI=1S/C19H17NO4/c21-18(22)10-15(19(23)24)16-12-20(11-13-6-2-1-3-7-13)17-9-5-4-8-14(16)17/h1-9,12,15H,10-11H2,(H,21,22)(H,23,24)/t15-/m1/s1. The molecule has 122 valence electrons. The van der Waals surface area contributed by atoms with Gasteiger partial charge >= 0.3 is 11.9 Å². The van der Waals surface area contributed by atoms with Crippen molar-refractivity contribution in [3.8, 4) is 0 Å². The Kier molecular flexibility index (Phi) is 4.33. The normalized spacial score (nSPS) is 12.2. The molecule has 0 aliphatic heterocycles. The van der Waals surface area contributed by atoms with Crippen LogP contribution in [0.3, 0.4) is 0 Å². The second-order valence-corrected chi connectivity index (χ2v) is 5.70. The molecule has 3 rings (SSSR count). The molecule has 1 aromatic heterocycles. The van der Waals surface area contributed by atoms with E-state index >= 15 is 0 Å². The first-order valence-electron chi connectivity index (χ1n) is 7.62. The van der Waals surface area contributed by atoms with Crippen molar-refractivity contribution in [1.29, 1.82) is 0 Å². The second-order valence-electron chi connectivity index (χ2n) is 5.70. The summed E-state index contributed by atoms with van der Waals surface area (Å²) in [7, 11) is 0. The lowest BCUT2D eigenvalue weighted by atomic mass is 9.95. The highest BCUT2D eigenvalue weighted by Gasteiger charge is 2.26. The predicted molar refractivity (Wildman–Crippen MR) is 90.1 cm³/mol. The zero-order valence-corrected chi connectivity index (χ0v) is 12.9. The van der Waals surface area contributed by atoms with E-state index in [1.54, 1.807) is 6.20 Å². The maximum Gasteiger partial charge on any atom is 0.311 e. The van der Waals surface area contributed by atoms with Gasteiger partial charge in [-0.2, -0.15) is 0 Å². The van der Waals surface area contributed by atoms with Gasteiger partial charge in [-0.25, -0.2) is 0 Å². The van der Waals surface area contributed by atoms with Crippen LogP contribution >= 0.6 is 0 Å². The molecule has 0 amide bonds. The maximum absolute atomic E-state index is 11.6. The molecular weight excluding hydrogens is 306 g/mol. The molecule has 5 nitrogen and oxygen atoms in total. The largest absolute Gasteiger partial charge is 0.481 e. The summed E-state index contributed by atoms with van der Waals surface area (Å²) < 4.78 is 1.97. The van der Waals surface area contributed by atoms with Crippen molar-refractivity contribution in [2.45, 2.75) is 18.9 Å². The Morgan fingerprint density at radius 2 is 1.62 bits per heavy atom. The third-order valence-corrected chi connectivity index (χ3v) is 4.07. The van der Waals surface area contributed by atoms with E-state index in [-0.39, 0.29) is 0 Å². The van der Waals surface area contributed by atoms with Crippen LogP contribution in [0.25, 0.3) is 10.9 Å². The van der Waals surface area contributed by atoms with Crippen LogP contribution in [0.15, 0.2) is 60.8 Å². The Labute approximate surface area is 138 Å². The van der Waals surface area contributed by atoms with Gasteiger partial charge in [0.25, 0.3) is 0 Å². The number of aliphatic carboxylic acids is 2. The Balaban J connectivity index is 2.09. The van der Waals surface area contributed by atoms with Gasteiger partial charge in [0.15, 0.2) is 0 Å². The highest BCUT2D eigenvalue weighted by atomic mass is 16.4. The highest BCUT2D eigenvalue weighted by molar-refractivity contribution is 5.92. The first kappa shape index (κ1) is 15.8. The van der Waals surface area contributed by atoms with Gasteiger partial charge < -0.3 is 14.8 Å². The molecule has 0 saturated carbocycles. The number of carbonyl (C=O) groups is 2. The molecule has 0 aliphatic rings. The topological polar surface area (TPSA) is 79.5 Å². The molecule has 2 aromatic carbocycles. The fourth-order valence-electron chi connectivity index (χ4n) is 2.97. The third-order valence-electron chi connectivity index (χ3n) is 4.07. The van der Waals surface area contributed by atoms with E-state index in [1.165, 1.54) is 0 Å². The Morgan fingerprint density at radius 3 is 2.29 bits per heavy atom. The third kappa shape index (κ3) is 3.15. The molecule has 1 heterocycles. The number of hydrogen-bond acceptors (Lipinski definition) is 2. The fraction of sp³-hybridized carbons (Fsp3) is 0.158. The van der Waals surface area contributed by atoms with E-state index in [4.69, 9.17) is 5.11 Å². The van der Waals surface area contributed by atoms with Crippen LogP contribution < -0.4 is 0 Å². The number of benzene rings is 2. The summed E-state index contributed by atoms with van der Waals surface area (Å²) in [5, 5.41) is 19.3. The summed E-state index contributed by atoms with van der Waals surface area (Å²) >= 11 is 0. The number of carboxylic acids is 2. The summed E-state index contributed by atoms with van der Waals surface area (Å²) in [6, 6.07) is 17.3. The van der Waals surface area contributed by atoms with Gasteiger partial charge in [-0.15, -0.1) is 0 Å². The van der Waals surface area contributed by atoms with Gasteiger partial charge in [0.2, 0.25) is 0 Å². The van der Waals surface area contributed by atoms with Gasteiger partial charge in [0, 0.05) is 23.6 Å². The molecule has 5 heteroatoms. The van der Waals surface area contributed by atoms with Crippen molar-refractivity contribution in [1.82, 2.24) is 4.57 Å². The van der Waals surface area contributed by atoms with Crippen molar-refractivity contribution in [3.05, 3.63) is 71.9 Å². The SMILES string of the molecule is O=C(O)C[C@@H](C(=O)O)c1cn(Cc2ccccc2)c2ccccc12. The van der Waals surface area contributed by atoms with Crippen LogP contribution in [0.1, 0.15) is 23.5 Å². The monoisotopic (exact) mass is 323 g/mol. The summed E-state index contributed by atoms with van der Waals surface area (Å²) in [5.41, 5.74) is 2.53. The summed E-state index contributed by atoms with van der Waals surface area (Å²) in [6.45, 7) is 0.598. The molecule has 2 N–H and O–H groups in total. The van der Waals surface area contributed by atoms with Gasteiger partial charge in [0.1, 0.15) is 0 Å². The minimum Gasteiger partial charge on any atom is -0.481 e. The molecule has 0 fully saturated rings.